The van der Waals surface area contributed by atoms with Gasteiger partial charge in [-0.2, -0.15) is 0 Å². The zero-order valence-electron chi connectivity index (χ0n) is 10.4. The maximum atomic E-state index is 9.23. The Morgan fingerprint density at radius 3 is 2.56 bits per heavy atom. The minimum absolute atomic E-state index is 0.176. The van der Waals surface area contributed by atoms with Gasteiger partial charge in [-0.25, -0.2) is 0 Å². The monoisotopic (exact) mass is 231 g/mol. The highest BCUT2D eigenvalue weighted by molar-refractivity contribution is 4.82. The standard InChI is InChI=1S/C12H25NO3/c1-12(2,9-13-7-11(15)8-14)10-3-5-16-6-4-10/h10-11,13-15H,3-9H2,1-2H3. The zero-order chi connectivity index (χ0) is 12.0. The minimum Gasteiger partial charge on any atom is -0.394 e. The van der Waals surface area contributed by atoms with Gasteiger partial charge >= 0.3 is 0 Å². The van der Waals surface area contributed by atoms with Crippen molar-refractivity contribution in [1.29, 1.82) is 0 Å². The summed E-state index contributed by atoms with van der Waals surface area (Å²) in [6, 6.07) is 0. The first-order valence-corrected chi connectivity index (χ1v) is 6.13. The van der Waals surface area contributed by atoms with Gasteiger partial charge in [-0.1, -0.05) is 13.8 Å². The molecule has 0 radical (unpaired) electrons. The molecule has 3 N–H and O–H groups in total. The summed E-state index contributed by atoms with van der Waals surface area (Å²) < 4.78 is 5.36. The van der Waals surface area contributed by atoms with Crippen LogP contribution in [0.5, 0.6) is 0 Å². The van der Waals surface area contributed by atoms with E-state index in [4.69, 9.17) is 9.84 Å². The Bertz CT molecular complexity index is 191. The second kappa shape index (κ2) is 6.55. The lowest BCUT2D eigenvalue weighted by Gasteiger charge is -2.37. The summed E-state index contributed by atoms with van der Waals surface area (Å²) in [6.45, 7) is 7.39. The fourth-order valence-corrected chi connectivity index (χ4v) is 2.25. The number of nitrogens with one attached hydrogen (secondary N) is 1. The Hall–Kier alpha value is -0.160. The normalized spacial score (nSPS) is 21.0. The molecule has 16 heavy (non-hydrogen) atoms. The molecule has 1 rings (SSSR count). The quantitative estimate of drug-likeness (QED) is 0.618. The van der Waals surface area contributed by atoms with Crippen molar-refractivity contribution in [2.75, 3.05) is 32.9 Å². The van der Waals surface area contributed by atoms with Crippen LogP contribution in [0.4, 0.5) is 0 Å². The summed E-state index contributed by atoms with van der Waals surface area (Å²) in [4.78, 5) is 0. The van der Waals surface area contributed by atoms with Gasteiger partial charge in [0.25, 0.3) is 0 Å². The van der Waals surface area contributed by atoms with Gasteiger partial charge in [-0.05, 0) is 24.2 Å². The van der Waals surface area contributed by atoms with Crippen molar-refractivity contribution < 1.29 is 14.9 Å². The maximum absolute atomic E-state index is 9.23. The highest BCUT2D eigenvalue weighted by atomic mass is 16.5. The van der Waals surface area contributed by atoms with Crippen LogP contribution in [0.15, 0.2) is 0 Å². The van der Waals surface area contributed by atoms with Crippen LogP contribution in [0, 0.1) is 11.3 Å². The van der Waals surface area contributed by atoms with Crippen molar-refractivity contribution in [3.8, 4) is 0 Å². The Morgan fingerprint density at radius 2 is 2.00 bits per heavy atom. The summed E-state index contributed by atoms with van der Waals surface area (Å²) in [6.07, 6.45) is 1.60. The van der Waals surface area contributed by atoms with Crippen molar-refractivity contribution >= 4 is 0 Å². The Morgan fingerprint density at radius 1 is 1.38 bits per heavy atom. The van der Waals surface area contributed by atoms with Crippen molar-refractivity contribution in [3.63, 3.8) is 0 Å². The molecule has 0 aromatic carbocycles. The van der Waals surface area contributed by atoms with Crippen molar-refractivity contribution in [2.45, 2.75) is 32.8 Å². The molecule has 1 fully saturated rings. The summed E-state index contributed by atoms with van der Waals surface area (Å²) >= 11 is 0. The number of rotatable bonds is 6. The van der Waals surface area contributed by atoms with Gasteiger partial charge in [-0.15, -0.1) is 0 Å². The Labute approximate surface area is 98.0 Å². The van der Waals surface area contributed by atoms with Gasteiger partial charge in [0.15, 0.2) is 0 Å². The second-order valence-electron chi connectivity index (χ2n) is 5.34. The zero-order valence-corrected chi connectivity index (χ0v) is 10.4. The third-order valence-electron chi connectivity index (χ3n) is 3.50. The largest absolute Gasteiger partial charge is 0.394 e. The van der Waals surface area contributed by atoms with E-state index in [-0.39, 0.29) is 12.0 Å². The summed E-state index contributed by atoms with van der Waals surface area (Å²) in [5.41, 5.74) is 0.221. The van der Waals surface area contributed by atoms with Gasteiger partial charge in [0, 0.05) is 26.3 Å². The number of hydrogen-bond acceptors (Lipinski definition) is 4. The predicted molar refractivity (Wildman–Crippen MR) is 63.3 cm³/mol. The molecule has 0 saturated carbocycles. The summed E-state index contributed by atoms with van der Waals surface area (Å²) in [7, 11) is 0. The molecule has 4 heteroatoms. The topological polar surface area (TPSA) is 61.7 Å². The van der Waals surface area contributed by atoms with E-state index in [9.17, 15) is 5.11 Å². The molecule has 1 saturated heterocycles. The van der Waals surface area contributed by atoms with Crippen molar-refractivity contribution in [2.24, 2.45) is 11.3 Å². The van der Waals surface area contributed by atoms with E-state index in [1.807, 2.05) is 0 Å². The lowest BCUT2D eigenvalue weighted by Crippen LogP contribution is -2.41. The Balaban J connectivity index is 2.26. The molecule has 1 unspecified atom stereocenters. The molecule has 0 aromatic heterocycles. The first-order valence-electron chi connectivity index (χ1n) is 6.13. The Kier molecular flexibility index (Phi) is 5.69. The smallest absolute Gasteiger partial charge is 0.0894 e. The molecule has 0 aliphatic carbocycles. The first-order chi connectivity index (χ1) is 7.56. The minimum atomic E-state index is -0.648. The van der Waals surface area contributed by atoms with Gasteiger partial charge < -0.3 is 20.3 Å². The molecule has 1 aliphatic rings. The van der Waals surface area contributed by atoms with Crippen LogP contribution in [0.2, 0.25) is 0 Å². The fourth-order valence-electron chi connectivity index (χ4n) is 2.25. The second-order valence-corrected chi connectivity index (χ2v) is 5.34. The average Bonchev–Trinajstić information content (AvgIpc) is 2.30. The van der Waals surface area contributed by atoms with E-state index in [2.05, 4.69) is 19.2 Å². The van der Waals surface area contributed by atoms with E-state index in [0.717, 1.165) is 32.6 Å². The van der Waals surface area contributed by atoms with Gasteiger partial charge in [0.1, 0.15) is 0 Å². The summed E-state index contributed by atoms with van der Waals surface area (Å²) in [5.74, 6) is 0.681. The van der Waals surface area contributed by atoms with Crippen molar-refractivity contribution in [3.05, 3.63) is 0 Å². The van der Waals surface area contributed by atoms with E-state index in [0.29, 0.717) is 12.5 Å². The van der Waals surface area contributed by atoms with Crippen LogP contribution in [-0.4, -0.2) is 49.2 Å². The maximum Gasteiger partial charge on any atom is 0.0894 e. The highest BCUT2D eigenvalue weighted by Gasteiger charge is 2.30. The molecule has 96 valence electrons. The highest BCUT2D eigenvalue weighted by Crippen LogP contribution is 2.33. The molecule has 0 amide bonds. The molecule has 0 bridgehead atoms. The number of hydrogen-bond donors (Lipinski definition) is 3. The molecule has 1 atom stereocenters. The number of aliphatic hydroxyl groups excluding tert-OH is 2. The third kappa shape index (κ3) is 4.37. The SMILES string of the molecule is CC(C)(CNCC(O)CO)C1CCOCC1. The lowest BCUT2D eigenvalue weighted by molar-refractivity contribution is 0.0208. The molecular formula is C12H25NO3. The molecule has 1 heterocycles. The van der Waals surface area contributed by atoms with E-state index in [1.54, 1.807) is 0 Å². The van der Waals surface area contributed by atoms with Gasteiger partial charge in [0.2, 0.25) is 0 Å². The van der Waals surface area contributed by atoms with Gasteiger partial charge in [0.05, 0.1) is 12.7 Å². The number of aliphatic hydroxyl groups is 2. The predicted octanol–water partition coefficient (Wildman–Crippen LogP) is 0.382. The van der Waals surface area contributed by atoms with Crippen LogP contribution < -0.4 is 5.32 Å². The summed E-state index contributed by atoms with van der Waals surface area (Å²) in [5, 5.41) is 21.2. The lowest BCUT2D eigenvalue weighted by atomic mass is 9.74. The molecule has 0 spiro atoms. The van der Waals surface area contributed by atoms with Crippen LogP contribution >= 0.6 is 0 Å². The average molecular weight is 231 g/mol. The van der Waals surface area contributed by atoms with Crippen molar-refractivity contribution in [1.82, 2.24) is 5.32 Å². The fraction of sp³-hybridized carbons (Fsp3) is 1.00. The molecule has 4 nitrogen and oxygen atoms in total. The van der Waals surface area contributed by atoms with Crippen LogP contribution in [0.3, 0.4) is 0 Å². The van der Waals surface area contributed by atoms with Crippen LogP contribution in [-0.2, 0) is 4.74 Å². The van der Waals surface area contributed by atoms with E-state index in [1.165, 1.54) is 0 Å². The van der Waals surface area contributed by atoms with E-state index < -0.39 is 6.10 Å². The first kappa shape index (κ1) is 13.9. The molecular weight excluding hydrogens is 206 g/mol. The molecule has 1 aliphatic heterocycles. The van der Waals surface area contributed by atoms with E-state index >= 15 is 0 Å². The van der Waals surface area contributed by atoms with Crippen LogP contribution in [0.1, 0.15) is 26.7 Å². The number of ether oxygens (including phenoxy) is 1. The van der Waals surface area contributed by atoms with Gasteiger partial charge in [-0.3, -0.25) is 0 Å². The molecule has 0 aromatic rings. The third-order valence-corrected chi connectivity index (χ3v) is 3.50. The van der Waals surface area contributed by atoms with Crippen LogP contribution in [0.25, 0.3) is 0 Å².